The summed E-state index contributed by atoms with van der Waals surface area (Å²) in [7, 11) is 1.87. The van der Waals surface area contributed by atoms with Crippen LogP contribution in [0, 0.1) is 6.92 Å². The number of aryl methyl sites for hydroxylation is 1. The first-order chi connectivity index (χ1) is 8.29. The van der Waals surface area contributed by atoms with Gasteiger partial charge in [0.05, 0.1) is 23.8 Å². The van der Waals surface area contributed by atoms with E-state index in [9.17, 15) is 0 Å². The Morgan fingerprint density at radius 3 is 2.76 bits per heavy atom. The highest BCUT2D eigenvalue weighted by Crippen LogP contribution is 2.20. The summed E-state index contributed by atoms with van der Waals surface area (Å²) in [6.45, 7) is 2.58. The highest BCUT2D eigenvalue weighted by molar-refractivity contribution is 5.29. The first-order valence-corrected chi connectivity index (χ1v) is 5.34. The van der Waals surface area contributed by atoms with Crippen LogP contribution in [0.4, 0.5) is 0 Å². The Balaban J connectivity index is 2.11. The predicted octanol–water partition coefficient (Wildman–Crippen LogP) is 1.69. The summed E-state index contributed by atoms with van der Waals surface area (Å²) in [6.07, 6.45) is 5.03. The minimum absolute atomic E-state index is 0.473. The Morgan fingerprint density at radius 1 is 1.24 bits per heavy atom. The number of rotatable bonds is 4. The third kappa shape index (κ3) is 2.98. The molecule has 0 saturated carbocycles. The van der Waals surface area contributed by atoms with Gasteiger partial charge in [-0.2, -0.15) is 0 Å². The highest BCUT2D eigenvalue weighted by Gasteiger charge is 2.03. The fourth-order valence-electron chi connectivity index (χ4n) is 1.36. The van der Waals surface area contributed by atoms with Crippen molar-refractivity contribution in [1.82, 2.24) is 20.3 Å². The fourth-order valence-corrected chi connectivity index (χ4v) is 1.36. The maximum atomic E-state index is 5.59. The number of hydrogen-bond donors (Lipinski definition) is 1. The number of hydrogen-bond acceptors (Lipinski definition) is 5. The van der Waals surface area contributed by atoms with Crippen molar-refractivity contribution in [2.24, 2.45) is 0 Å². The molecule has 2 aromatic heterocycles. The van der Waals surface area contributed by atoms with E-state index in [2.05, 4.69) is 20.3 Å². The van der Waals surface area contributed by atoms with E-state index in [4.69, 9.17) is 4.74 Å². The van der Waals surface area contributed by atoms with Crippen molar-refractivity contribution < 1.29 is 4.74 Å². The van der Waals surface area contributed by atoms with Crippen LogP contribution in [-0.2, 0) is 6.54 Å². The third-order valence-electron chi connectivity index (χ3n) is 2.21. The molecule has 0 amide bonds. The van der Waals surface area contributed by atoms with Gasteiger partial charge in [0.1, 0.15) is 0 Å². The van der Waals surface area contributed by atoms with E-state index in [-0.39, 0.29) is 0 Å². The van der Waals surface area contributed by atoms with E-state index >= 15 is 0 Å². The predicted molar refractivity (Wildman–Crippen MR) is 63.8 cm³/mol. The first-order valence-electron chi connectivity index (χ1n) is 5.34. The number of nitrogens with one attached hydrogen (secondary N) is 1. The molecule has 0 saturated heterocycles. The zero-order chi connectivity index (χ0) is 12.1. The van der Waals surface area contributed by atoms with Gasteiger partial charge in [0.2, 0.25) is 5.88 Å². The molecule has 0 spiro atoms. The van der Waals surface area contributed by atoms with Crippen molar-refractivity contribution in [3.05, 3.63) is 42.1 Å². The summed E-state index contributed by atoms with van der Waals surface area (Å²) < 4.78 is 5.59. The van der Waals surface area contributed by atoms with Crippen LogP contribution in [0.2, 0.25) is 0 Å². The second kappa shape index (κ2) is 5.36. The molecule has 17 heavy (non-hydrogen) atoms. The van der Waals surface area contributed by atoms with E-state index < -0.39 is 0 Å². The third-order valence-corrected chi connectivity index (χ3v) is 2.21. The topological polar surface area (TPSA) is 59.9 Å². The summed E-state index contributed by atoms with van der Waals surface area (Å²) in [5.41, 5.74) is 1.70. The Bertz CT molecular complexity index is 484. The average molecular weight is 230 g/mol. The van der Waals surface area contributed by atoms with Crippen molar-refractivity contribution in [3.8, 4) is 11.6 Å². The van der Waals surface area contributed by atoms with Crippen LogP contribution < -0.4 is 10.1 Å². The molecule has 0 aliphatic rings. The van der Waals surface area contributed by atoms with Crippen LogP contribution in [0.1, 0.15) is 11.4 Å². The normalized spacial score (nSPS) is 10.2. The van der Waals surface area contributed by atoms with Gasteiger partial charge in [0.25, 0.3) is 0 Å². The summed E-state index contributed by atoms with van der Waals surface area (Å²) >= 11 is 0. The van der Waals surface area contributed by atoms with E-state index in [1.807, 2.05) is 26.1 Å². The molecule has 2 heterocycles. The standard InChI is InChI=1S/C12H14N4O/c1-9-11(4-3-5-14-9)17-12-8-15-10(6-13-2)7-16-12/h3-5,7-8,13H,6H2,1-2H3. The lowest BCUT2D eigenvalue weighted by atomic mass is 10.3. The smallest absolute Gasteiger partial charge is 0.237 e. The van der Waals surface area contributed by atoms with E-state index in [0.717, 1.165) is 11.4 Å². The first kappa shape index (κ1) is 11.5. The zero-order valence-corrected chi connectivity index (χ0v) is 9.84. The monoisotopic (exact) mass is 230 g/mol. The van der Waals surface area contributed by atoms with Crippen LogP contribution in [-0.4, -0.2) is 22.0 Å². The molecule has 5 nitrogen and oxygen atoms in total. The van der Waals surface area contributed by atoms with Gasteiger partial charge < -0.3 is 10.1 Å². The van der Waals surface area contributed by atoms with E-state index in [1.54, 1.807) is 18.6 Å². The molecule has 0 aliphatic carbocycles. The zero-order valence-electron chi connectivity index (χ0n) is 9.84. The Labute approximate surface area is 99.9 Å². The molecule has 88 valence electrons. The molecule has 2 aromatic rings. The molecule has 0 aliphatic heterocycles. The minimum atomic E-state index is 0.473. The summed E-state index contributed by atoms with van der Waals surface area (Å²) in [5.74, 6) is 1.17. The Hall–Kier alpha value is -2.01. The fraction of sp³-hybridized carbons (Fsp3) is 0.250. The molecule has 0 fully saturated rings. The molecule has 0 atom stereocenters. The van der Waals surface area contributed by atoms with Gasteiger partial charge >= 0.3 is 0 Å². The summed E-state index contributed by atoms with van der Waals surface area (Å²) in [5, 5.41) is 3.01. The van der Waals surface area contributed by atoms with Crippen molar-refractivity contribution >= 4 is 0 Å². The lowest BCUT2D eigenvalue weighted by Gasteiger charge is -2.06. The van der Waals surface area contributed by atoms with Gasteiger partial charge in [-0.1, -0.05) is 0 Å². The molecule has 5 heteroatoms. The van der Waals surface area contributed by atoms with Crippen molar-refractivity contribution in [1.29, 1.82) is 0 Å². The SMILES string of the molecule is CNCc1cnc(Oc2cccnc2C)cn1. The number of nitrogens with zero attached hydrogens (tertiary/aromatic N) is 3. The molecule has 0 aromatic carbocycles. The number of aromatic nitrogens is 3. The molecular formula is C12H14N4O. The number of pyridine rings is 1. The maximum Gasteiger partial charge on any atom is 0.237 e. The van der Waals surface area contributed by atoms with Crippen molar-refractivity contribution in [2.75, 3.05) is 7.05 Å². The quantitative estimate of drug-likeness (QED) is 0.866. The second-order valence-electron chi connectivity index (χ2n) is 3.57. The molecule has 0 bridgehead atoms. The summed E-state index contributed by atoms with van der Waals surface area (Å²) in [6, 6.07) is 3.68. The Morgan fingerprint density at radius 2 is 2.12 bits per heavy atom. The molecular weight excluding hydrogens is 216 g/mol. The lowest BCUT2D eigenvalue weighted by Crippen LogP contribution is -2.07. The van der Waals surface area contributed by atoms with Crippen LogP contribution in [0.15, 0.2) is 30.7 Å². The van der Waals surface area contributed by atoms with Crippen molar-refractivity contribution in [3.63, 3.8) is 0 Å². The van der Waals surface area contributed by atoms with Crippen LogP contribution >= 0.6 is 0 Å². The van der Waals surface area contributed by atoms with E-state index in [0.29, 0.717) is 18.2 Å². The maximum absolute atomic E-state index is 5.59. The van der Waals surface area contributed by atoms with Crippen molar-refractivity contribution in [2.45, 2.75) is 13.5 Å². The summed E-state index contributed by atoms with van der Waals surface area (Å²) in [4.78, 5) is 12.5. The van der Waals surface area contributed by atoms with Gasteiger partial charge in [0.15, 0.2) is 5.75 Å². The van der Waals surface area contributed by atoms with Gasteiger partial charge in [-0.25, -0.2) is 4.98 Å². The molecule has 2 rings (SSSR count). The average Bonchev–Trinajstić information content (AvgIpc) is 2.35. The van der Waals surface area contributed by atoms with Gasteiger partial charge in [-0.15, -0.1) is 0 Å². The van der Waals surface area contributed by atoms with Crippen LogP contribution in [0.25, 0.3) is 0 Å². The van der Waals surface area contributed by atoms with Gasteiger partial charge in [0, 0.05) is 12.7 Å². The number of ether oxygens (including phenoxy) is 1. The molecule has 0 unspecified atom stereocenters. The lowest BCUT2D eigenvalue weighted by molar-refractivity contribution is 0.453. The Kier molecular flexibility index (Phi) is 3.62. The van der Waals surface area contributed by atoms with Crippen LogP contribution in [0.5, 0.6) is 11.6 Å². The molecule has 1 N–H and O–H groups in total. The van der Waals surface area contributed by atoms with Gasteiger partial charge in [-0.05, 0) is 26.1 Å². The van der Waals surface area contributed by atoms with E-state index in [1.165, 1.54) is 0 Å². The highest BCUT2D eigenvalue weighted by atomic mass is 16.5. The van der Waals surface area contributed by atoms with Gasteiger partial charge in [-0.3, -0.25) is 9.97 Å². The molecule has 0 radical (unpaired) electrons. The largest absolute Gasteiger partial charge is 0.436 e. The second-order valence-corrected chi connectivity index (χ2v) is 3.57. The van der Waals surface area contributed by atoms with Crippen LogP contribution in [0.3, 0.4) is 0 Å². The minimum Gasteiger partial charge on any atom is -0.436 e.